The highest BCUT2D eigenvalue weighted by Gasteiger charge is 1.97. The molecule has 0 aliphatic heterocycles. The Morgan fingerprint density at radius 2 is 2.42 bits per heavy atom. The van der Waals surface area contributed by atoms with E-state index < -0.39 is 0 Å². The molecule has 0 atom stereocenters. The van der Waals surface area contributed by atoms with Gasteiger partial charge in [-0.3, -0.25) is 4.79 Å². The molecule has 0 aliphatic carbocycles. The van der Waals surface area contributed by atoms with Crippen LogP contribution in [0.2, 0.25) is 0 Å². The molecule has 0 aliphatic rings. The Kier molecular flexibility index (Phi) is 2.99. The van der Waals surface area contributed by atoms with Crippen LogP contribution in [0.25, 0.3) is 0 Å². The lowest BCUT2D eigenvalue weighted by Gasteiger charge is -2.00. The molecule has 2 N–H and O–H groups in total. The van der Waals surface area contributed by atoms with Crippen molar-refractivity contribution >= 4 is 0 Å². The highest BCUT2D eigenvalue weighted by Crippen LogP contribution is 1.91. The van der Waals surface area contributed by atoms with Crippen molar-refractivity contribution in [2.45, 2.75) is 19.9 Å². The van der Waals surface area contributed by atoms with Gasteiger partial charge in [-0.2, -0.15) is 0 Å². The van der Waals surface area contributed by atoms with Crippen LogP contribution in [0.1, 0.15) is 18.4 Å². The number of nitrogens with one attached hydrogen (secondary N) is 2. The number of H-pyrrole nitrogens is 1. The van der Waals surface area contributed by atoms with Gasteiger partial charge >= 0.3 is 0 Å². The Morgan fingerprint density at radius 1 is 1.67 bits per heavy atom. The van der Waals surface area contributed by atoms with Gasteiger partial charge in [0.1, 0.15) is 5.82 Å². The van der Waals surface area contributed by atoms with E-state index in [4.69, 9.17) is 0 Å². The minimum atomic E-state index is -0.0768. The van der Waals surface area contributed by atoms with Gasteiger partial charge in [0.05, 0.1) is 5.69 Å². The van der Waals surface area contributed by atoms with Crippen LogP contribution < -0.4 is 10.9 Å². The molecule has 12 heavy (non-hydrogen) atoms. The van der Waals surface area contributed by atoms with E-state index in [1.54, 1.807) is 0 Å². The molecule has 1 heterocycles. The summed E-state index contributed by atoms with van der Waals surface area (Å²) < 4.78 is 0. The fraction of sp³-hybridized carbons (Fsp3) is 0.500. The van der Waals surface area contributed by atoms with Gasteiger partial charge in [-0.25, -0.2) is 4.98 Å². The predicted molar refractivity (Wildman–Crippen MR) is 47.0 cm³/mol. The average molecular weight is 167 g/mol. The Labute approximate surface area is 71.0 Å². The average Bonchev–Trinajstić information content (AvgIpc) is 2.04. The molecule has 0 unspecified atom stereocenters. The van der Waals surface area contributed by atoms with Gasteiger partial charge < -0.3 is 10.3 Å². The van der Waals surface area contributed by atoms with E-state index in [-0.39, 0.29) is 5.56 Å². The van der Waals surface area contributed by atoms with Gasteiger partial charge in [0.25, 0.3) is 5.56 Å². The van der Waals surface area contributed by atoms with Crippen molar-refractivity contribution < 1.29 is 0 Å². The summed E-state index contributed by atoms with van der Waals surface area (Å²) in [6.07, 6.45) is 0.757. The van der Waals surface area contributed by atoms with Crippen LogP contribution in [0, 0.1) is 0 Å². The lowest BCUT2D eigenvalue weighted by molar-refractivity contribution is 0.764. The molecular formula is C8H13N3O. The lowest BCUT2D eigenvalue weighted by Crippen LogP contribution is -2.16. The third-order valence-electron chi connectivity index (χ3n) is 1.54. The minimum absolute atomic E-state index is 0.0768. The number of rotatable bonds is 3. The van der Waals surface area contributed by atoms with Gasteiger partial charge in [-0.1, -0.05) is 6.92 Å². The summed E-state index contributed by atoms with van der Waals surface area (Å²) in [7, 11) is 1.83. The molecule has 0 spiro atoms. The van der Waals surface area contributed by atoms with Crippen LogP contribution in [-0.2, 0) is 13.0 Å². The number of aryl methyl sites for hydroxylation is 1. The quantitative estimate of drug-likeness (QED) is 0.669. The summed E-state index contributed by atoms with van der Waals surface area (Å²) in [5.41, 5.74) is 0.713. The second-order valence-electron chi connectivity index (χ2n) is 2.57. The zero-order valence-electron chi connectivity index (χ0n) is 7.35. The molecule has 0 aromatic carbocycles. The van der Waals surface area contributed by atoms with Crippen LogP contribution in [-0.4, -0.2) is 17.0 Å². The highest BCUT2D eigenvalue weighted by molar-refractivity contribution is 5.02. The number of aromatic amines is 1. The minimum Gasteiger partial charge on any atom is -0.314 e. The highest BCUT2D eigenvalue weighted by atomic mass is 16.1. The van der Waals surface area contributed by atoms with Crippen molar-refractivity contribution in [3.05, 3.63) is 27.9 Å². The van der Waals surface area contributed by atoms with Gasteiger partial charge in [0.15, 0.2) is 0 Å². The third-order valence-corrected chi connectivity index (χ3v) is 1.54. The first kappa shape index (κ1) is 8.93. The SMILES string of the molecule is CCc1nc(CNC)cc(=O)[nH]1. The Morgan fingerprint density at radius 3 is 3.00 bits per heavy atom. The van der Waals surface area contributed by atoms with Crippen LogP contribution in [0.3, 0.4) is 0 Å². The molecule has 0 amide bonds. The summed E-state index contributed by atoms with van der Waals surface area (Å²) in [5, 5.41) is 2.95. The Balaban J connectivity index is 2.98. The summed E-state index contributed by atoms with van der Waals surface area (Å²) in [4.78, 5) is 17.9. The van der Waals surface area contributed by atoms with Crippen molar-refractivity contribution in [2.75, 3.05) is 7.05 Å². The van der Waals surface area contributed by atoms with Crippen LogP contribution in [0.15, 0.2) is 10.9 Å². The van der Waals surface area contributed by atoms with Crippen molar-refractivity contribution in [3.63, 3.8) is 0 Å². The van der Waals surface area contributed by atoms with Gasteiger partial charge in [-0.05, 0) is 7.05 Å². The Hall–Kier alpha value is -1.16. The molecule has 4 nitrogen and oxygen atoms in total. The first-order valence-corrected chi connectivity index (χ1v) is 4.00. The van der Waals surface area contributed by atoms with Crippen molar-refractivity contribution in [3.8, 4) is 0 Å². The standard InChI is InChI=1S/C8H13N3O/c1-3-7-10-6(5-9-2)4-8(12)11-7/h4,9H,3,5H2,1-2H3,(H,10,11,12). The van der Waals surface area contributed by atoms with Crippen molar-refractivity contribution in [1.82, 2.24) is 15.3 Å². The predicted octanol–water partition coefficient (Wildman–Crippen LogP) is 0.0517. The topological polar surface area (TPSA) is 57.8 Å². The first-order valence-electron chi connectivity index (χ1n) is 4.00. The first-order chi connectivity index (χ1) is 5.76. The second kappa shape index (κ2) is 4.01. The monoisotopic (exact) mass is 167 g/mol. The van der Waals surface area contributed by atoms with Crippen molar-refractivity contribution in [1.29, 1.82) is 0 Å². The van der Waals surface area contributed by atoms with Crippen LogP contribution in [0.4, 0.5) is 0 Å². The molecule has 0 radical (unpaired) electrons. The summed E-state index contributed by atoms with van der Waals surface area (Å²) in [5.74, 6) is 0.743. The van der Waals surface area contributed by atoms with E-state index in [2.05, 4.69) is 15.3 Å². The van der Waals surface area contributed by atoms with E-state index in [1.165, 1.54) is 6.07 Å². The molecule has 0 saturated heterocycles. The second-order valence-corrected chi connectivity index (χ2v) is 2.57. The van der Waals surface area contributed by atoms with Crippen LogP contribution in [0.5, 0.6) is 0 Å². The number of hydrogen-bond acceptors (Lipinski definition) is 3. The smallest absolute Gasteiger partial charge is 0.251 e. The van der Waals surface area contributed by atoms with E-state index >= 15 is 0 Å². The van der Waals surface area contributed by atoms with E-state index in [0.29, 0.717) is 6.54 Å². The number of aromatic nitrogens is 2. The van der Waals surface area contributed by atoms with Gasteiger partial charge in [-0.15, -0.1) is 0 Å². The zero-order valence-corrected chi connectivity index (χ0v) is 7.35. The summed E-state index contributed by atoms with van der Waals surface area (Å²) in [6, 6.07) is 1.51. The molecule has 0 bridgehead atoms. The fourth-order valence-electron chi connectivity index (χ4n) is 1.00. The maximum absolute atomic E-state index is 11.0. The lowest BCUT2D eigenvalue weighted by atomic mass is 10.3. The van der Waals surface area contributed by atoms with E-state index in [1.807, 2.05) is 14.0 Å². The molecule has 0 saturated carbocycles. The fourth-order valence-corrected chi connectivity index (χ4v) is 1.00. The normalized spacial score (nSPS) is 10.2. The Bertz CT molecular complexity index is 305. The molecule has 1 aromatic heterocycles. The summed E-state index contributed by atoms with van der Waals surface area (Å²) in [6.45, 7) is 2.60. The van der Waals surface area contributed by atoms with E-state index in [0.717, 1.165) is 17.9 Å². The number of nitrogens with zero attached hydrogens (tertiary/aromatic N) is 1. The van der Waals surface area contributed by atoms with Crippen molar-refractivity contribution in [2.24, 2.45) is 0 Å². The maximum atomic E-state index is 11.0. The van der Waals surface area contributed by atoms with Gasteiger partial charge in [0, 0.05) is 19.0 Å². The summed E-state index contributed by atoms with van der Waals surface area (Å²) >= 11 is 0. The molecule has 1 rings (SSSR count). The molecule has 1 aromatic rings. The maximum Gasteiger partial charge on any atom is 0.251 e. The molecule has 66 valence electrons. The molecular weight excluding hydrogens is 154 g/mol. The largest absolute Gasteiger partial charge is 0.314 e. The molecule has 0 fully saturated rings. The zero-order chi connectivity index (χ0) is 8.97. The van der Waals surface area contributed by atoms with Gasteiger partial charge in [0.2, 0.25) is 0 Å². The third kappa shape index (κ3) is 2.17. The molecule has 4 heteroatoms. The van der Waals surface area contributed by atoms with Crippen LogP contribution >= 0.6 is 0 Å². The van der Waals surface area contributed by atoms with E-state index in [9.17, 15) is 4.79 Å². The number of hydrogen-bond donors (Lipinski definition) is 2.